The molecule has 5 heteroatoms. The summed E-state index contributed by atoms with van der Waals surface area (Å²) in [6, 6.07) is 3.40. The first-order chi connectivity index (χ1) is 6.94. The molecule has 0 radical (unpaired) electrons. The van der Waals surface area contributed by atoms with Gasteiger partial charge in [-0.3, -0.25) is 9.59 Å². The number of nitrogens with one attached hydrogen (secondary N) is 1. The van der Waals surface area contributed by atoms with Crippen LogP contribution in [0.1, 0.15) is 19.6 Å². The summed E-state index contributed by atoms with van der Waals surface area (Å²) < 4.78 is 4.99. The van der Waals surface area contributed by atoms with E-state index < -0.39 is 17.3 Å². The van der Waals surface area contributed by atoms with Crippen LogP contribution in [0, 0.1) is 5.41 Å². The first kappa shape index (κ1) is 11.3. The summed E-state index contributed by atoms with van der Waals surface area (Å²) in [5.74, 6) is -1.10. The average Bonchev–Trinajstić information content (AvgIpc) is 2.66. The Hall–Kier alpha value is -1.78. The van der Waals surface area contributed by atoms with Crippen molar-refractivity contribution in [2.24, 2.45) is 5.41 Å². The van der Waals surface area contributed by atoms with Gasteiger partial charge in [-0.2, -0.15) is 0 Å². The summed E-state index contributed by atoms with van der Waals surface area (Å²) in [4.78, 5) is 22.2. The van der Waals surface area contributed by atoms with Crippen LogP contribution in [0.5, 0.6) is 0 Å². The predicted octanol–water partition coefficient (Wildman–Crippen LogP) is 1.01. The van der Waals surface area contributed by atoms with Gasteiger partial charge in [-0.1, -0.05) is 0 Å². The first-order valence-electron chi connectivity index (χ1n) is 4.48. The molecule has 0 spiro atoms. The van der Waals surface area contributed by atoms with Gasteiger partial charge in [0, 0.05) is 0 Å². The van der Waals surface area contributed by atoms with Crippen LogP contribution < -0.4 is 5.32 Å². The second-order valence-electron chi connectivity index (χ2n) is 3.69. The van der Waals surface area contributed by atoms with Crippen molar-refractivity contribution in [3.8, 4) is 0 Å². The maximum atomic E-state index is 11.5. The van der Waals surface area contributed by atoms with E-state index in [0.717, 1.165) is 0 Å². The molecule has 0 fully saturated rings. The lowest BCUT2D eigenvalue weighted by Crippen LogP contribution is -2.41. The molecule has 0 aliphatic heterocycles. The van der Waals surface area contributed by atoms with E-state index in [-0.39, 0.29) is 6.54 Å². The molecule has 1 heterocycles. The van der Waals surface area contributed by atoms with E-state index in [9.17, 15) is 9.59 Å². The summed E-state index contributed by atoms with van der Waals surface area (Å²) >= 11 is 0. The molecular weight excluding hydrogens is 198 g/mol. The van der Waals surface area contributed by atoms with Gasteiger partial charge in [0.05, 0.1) is 12.8 Å². The van der Waals surface area contributed by atoms with Crippen molar-refractivity contribution in [3.05, 3.63) is 24.2 Å². The molecule has 0 saturated carbocycles. The third-order valence-corrected chi connectivity index (χ3v) is 2.11. The van der Waals surface area contributed by atoms with Gasteiger partial charge in [-0.25, -0.2) is 0 Å². The molecule has 1 amide bonds. The fourth-order valence-electron chi connectivity index (χ4n) is 0.899. The van der Waals surface area contributed by atoms with E-state index >= 15 is 0 Å². The van der Waals surface area contributed by atoms with Crippen LogP contribution in [-0.2, 0) is 16.1 Å². The van der Waals surface area contributed by atoms with Crippen LogP contribution in [0.15, 0.2) is 22.8 Å². The van der Waals surface area contributed by atoms with Crippen molar-refractivity contribution >= 4 is 11.9 Å². The van der Waals surface area contributed by atoms with Gasteiger partial charge in [0.1, 0.15) is 11.2 Å². The Morgan fingerprint density at radius 1 is 1.53 bits per heavy atom. The van der Waals surface area contributed by atoms with Crippen LogP contribution in [0.4, 0.5) is 0 Å². The molecule has 0 aliphatic rings. The monoisotopic (exact) mass is 211 g/mol. The third-order valence-electron chi connectivity index (χ3n) is 2.11. The third kappa shape index (κ3) is 2.59. The van der Waals surface area contributed by atoms with Crippen LogP contribution in [0.3, 0.4) is 0 Å². The maximum Gasteiger partial charge on any atom is 0.318 e. The summed E-state index contributed by atoms with van der Waals surface area (Å²) in [6.45, 7) is 2.90. The Kier molecular flexibility index (Phi) is 3.14. The standard InChI is InChI=1S/C10H13NO4/c1-10(2,9(13)14)8(12)11-6-7-4-3-5-15-7/h3-5H,6H2,1-2H3,(H,11,12)(H,13,14). The molecule has 15 heavy (non-hydrogen) atoms. The minimum atomic E-state index is -1.42. The normalized spacial score (nSPS) is 11.1. The van der Waals surface area contributed by atoms with Gasteiger partial charge in [-0.05, 0) is 26.0 Å². The quantitative estimate of drug-likeness (QED) is 0.728. The summed E-state index contributed by atoms with van der Waals surface area (Å²) in [7, 11) is 0. The van der Waals surface area contributed by atoms with Crippen molar-refractivity contribution in [3.63, 3.8) is 0 Å². The smallest absolute Gasteiger partial charge is 0.318 e. The number of hydrogen-bond acceptors (Lipinski definition) is 3. The van der Waals surface area contributed by atoms with Gasteiger partial charge in [0.15, 0.2) is 0 Å². The highest BCUT2D eigenvalue weighted by atomic mass is 16.4. The highest BCUT2D eigenvalue weighted by Gasteiger charge is 2.35. The molecular formula is C10H13NO4. The molecule has 0 atom stereocenters. The molecule has 0 aliphatic carbocycles. The van der Waals surface area contributed by atoms with Gasteiger partial charge in [0.2, 0.25) is 5.91 Å². The lowest BCUT2D eigenvalue weighted by atomic mass is 9.93. The topological polar surface area (TPSA) is 79.5 Å². The highest BCUT2D eigenvalue weighted by Crippen LogP contribution is 2.15. The van der Waals surface area contributed by atoms with Gasteiger partial charge < -0.3 is 14.8 Å². The van der Waals surface area contributed by atoms with E-state index in [0.29, 0.717) is 5.76 Å². The van der Waals surface area contributed by atoms with Gasteiger partial charge >= 0.3 is 5.97 Å². The van der Waals surface area contributed by atoms with E-state index in [2.05, 4.69) is 5.32 Å². The zero-order valence-corrected chi connectivity index (χ0v) is 8.61. The summed E-state index contributed by atoms with van der Waals surface area (Å²) in [5, 5.41) is 11.3. The van der Waals surface area contributed by atoms with E-state index in [1.807, 2.05) is 0 Å². The van der Waals surface area contributed by atoms with E-state index in [1.165, 1.54) is 20.1 Å². The molecule has 0 unspecified atom stereocenters. The molecule has 1 aromatic rings. The van der Waals surface area contributed by atoms with Crippen LogP contribution in [0.2, 0.25) is 0 Å². The largest absolute Gasteiger partial charge is 0.480 e. The predicted molar refractivity (Wildman–Crippen MR) is 52.0 cm³/mol. The van der Waals surface area contributed by atoms with Crippen LogP contribution in [0.25, 0.3) is 0 Å². The van der Waals surface area contributed by atoms with Crippen LogP contribution >= 0.6 is 0 Å². The summed E-state index contributed by atoms with van der Waals surface area (Å²) in [5.41, 5.74) is -1.42. The molecule has 2 N–H and O–H groups in total. The number of furan rings is 1. The SMILES string of the molecule is CC(C)(C(=O)O)C(=O)NCc1ccco1. The fourth-order valence-corrected chi connectivity index (χ4v) is 0.899. The molecule has 1 rings (SSSR count). The van der Waals surface area contributed by atoms with E-state index in [4.69, 9.17) is 9.52 Å². The molecule has 1 aromatic heterocycles. The Morgan fingerprint density at radius 3 is 2.67 bits per heavy atom. The molecule has 0 bridgehead atoms. The second-order valence-corrected chi connectivity index (χ2v) is 3.69. The summed E-state index contributed by atoms with van der Waals surface area (Å²) in [6.07, 6.45) is 1.49. The minimum Gasteiger partial charge on any atom is -0.480 e. The van der Waals surface area contributed by atoms with Crippen molar-refractivity contribution in [2.45, 2.75) is 20.4 Å². The second kappa shape index (κ2) is 4.16. The van der Waals surface area contributed by atoms with Crippen LogP contribution in [-0.4, -0.2) is 17.0 Å². The number of carbonyl (C=O) groups is 2. The Labute approximate surface area is 87.1 Å². The number of amides is 1. The van der Waals surface area contributed by atoms with Crippen molar-refractivity contribution in [1.29, 1.82) is 0 Å². The lowest BCUT2D eigenvalue weighted by molar-refractivity contribution is -0.153. The average molecular weight is 211 g/mol. The number of hydrogen-bond donors (Lipinski definition) is 2. The number of rotatable bonds is 4. The number of carboxylic acids is 1. The number of carboxylic acid groups (broad SMARTS) is 1. The van der Waals surface area contributed by atoms with Crippen molar-refractivity contribution < 1.29 is 19.1 Å². The Morgan fingerprint density at radius 2 is 2.20 bits per heavy atom. The molecule has 5 nitrogen and oxygen atoms in total. The van der Waals surface area contributed by atoms with Crippen molar-refractivity contribution in [2.75, 3.05) is 0 Å². The maximum absolute atomic E-state index is 11.5. The van der Waals surface area contributed by atoms with E-state index in [1.54, 1.807) is 12.1 Å². The number of aliphatic carboxylic acids is 1. The van der Waals surface area contributed by atoms with Gasteiger partial charge in [0.25, 0.3) is 0 Å². The zero-order valence-electron chi connectivity index (χ0n) is 8.61. The van der Waals surface area contributed by atoms with Gasteiger partial charge in [-0.15, -0.1) is 0 Å². The highest BCUT2D eigenvalue weighted by molar-refractivity contribution is 6.00. The Balaban J connectivity index is 2.53. The molecule has 0 aromatic carbocycles. The molecule has 82 valence electrons. The molecule has 0 saturated heterocycles. The first-order valence-corrected chi connectivity index (χ1v) is 4.48. The van der Waals surface area contributed by atoms with Crippen molar-refractivity contribution in [1.82, 2.24) is 5.32 Å². The fraction of sp³-hybridized carbons (Fsp3) is 0.400. The zero-order chi connectivity index (χ0) is 11.5. The Bertz CT molecular complexity index is 354. The number of carbonyl (C=O) groups excluding carboxylic acids is 1. The minimum absolute atomic E-state index is 0.197. The lowest BCUT2D eigenvalue weighted by Gasteiger charge is -2.17.